The molecule has 0 spiro atoms. The van der Waals surface area contributed by atoms with Gasteiger partial charge in [0.05, 0.1) is 31.6 Å². The molecule has 6 nitrogen and oxygen atoms in total. The predicted octanol–water partition coefficient (Wildman–Crippen LogP) is 1.14. The van der Waals surface area contributed by atoms with Crippen LogP contribution in [0.4, 0.5) is 0 Å². The van der Waals surface area contributed by atoms with Crippen LogP contribution in [-0.4, -0.2) is 62.7 Å². The molecule has 0 aromatic carbocycles. The lowest BCUT2D eigenvalue weighted by atomic mass is 9.89. The number of hydrogen-bond acceptors (Lipinski definition) is 5. The first-order valence-corrected chi connectivity index (χ1v) is 7.66. The molecule has 6 heteroatoms. The zero-order valence-electron chi connectivity index (χ0n) is 13.6. The lowest BCUT2D eigenvalue weighted by molar-refractivity contribution is 0.0531. The van der Waals surface area contributed by atoms with Crippen molar-refractivity contribution in [2.24, 2.45) is 5.92 Å². The highest BCUT2D eigenvalue weighted by atomic mass is 16.5. The first kappa shape index (κ1) is 16.3. The Morgan fingerprint density at radius 2 is 2.19 bits per heavy atom. The normalized spacial score (nSPS) is 18.1. The fourth-order valence-electron chi connectivity index (χ4n) is 2.97. The van der Waals surface area contributed by atoms with Crippen LogP contribution in [0.2, 0.25) is 0 Å². The van der Waals surface area contributed by atoms with E-state index in [4.69, 9.17) is 9.47 Å². The van der Waals surface area contributed by atoms with Crippen molar-refractivity contribution in [1.29, 1.82) is 0 Å². The molecule has 1 aromatic rings. The molecule has 0 aliphatic carbocycles. The van der Waals surface area contributed by atoms with Crippen molar-refractivity contribution in [3.8, 4) is 5.75 Å². The van der Waals surface area contributed by atoms with Crippen LogP contribution in [0.25, 0.3) is 0 Å². The maximum Gasteiger partial charge on any atom is 0.161 e. The predicted molar refractivity (Wildman–Crippen MR) is 82.7 cm³/mol. The summed E-state index contributed by atoms with van der Waals surface area (Å²) < 4.78 is 13.1. The van der Waals surface area contributed by atoms with Crippen LogP contribution >= 0.6 is 0 Å². The molecule has 0 bridgehead atoms. The van der Waals surface area contributed by atoms with Crippen molar-refractivity contribution >= 4 is 0 Å². The molecule has 1 atom stereocenters. The molecule has 1 N–H and O–H groups in total. The molecule has 1 aromatic heterocycles. The van der Waals surface area contributed by atoms with E-state index in [1.54, 1.807) is 7.11 Å². The van der Waals surface area contributed by atoms with E-state index < -0.39 is 0 Å². The maximum atomic E-state index is 5.54. The average Bonchev–Trinajstić information content (AvgIpc) is 2.90. The Kier molecular flexibility index (Phi) is 6.02. The zero-order valence-corrected chi connectivity index (χ0v) is 13.6. The minimum Gasteiger partial charge on any atom is -0.493 e. The lowest BCUT2D eigenvalue weighted by Gasteiger charge is -2.31. The van der Waals surface area contributed by atoms with Crippen molar-refractivity contribution in [1.82, 2.24) is 20.0 Å². The molecule has 0 amide bonds. The van der Waals surface area contributed by atoms with Gasteiger partial charge in [-0.15, -0.1) is 0 Å². The largest absolute Gasteiger partial charge is 0.493 e. The summed E-state index contributed by atoms with van der Waals surface area (Å²) in [5.74, 6) is 1.44. The molecule has 2 rings (SSSR count). The van der Waals surface area contributed by atoms with Crippen LogP contribution in [0.15, 0.2) is 6.20 Å². The molecule has 0 saturated carbocycles. The summed E-state index contributed by atoms with van der Waals surface area (Å²) in [5, 5.41) is 7.98. The third kappa shape index (κ3) is 3.96. The van der Waals surface area contributed by atoms with Gasteiger partial charge in [-0.3, -0.25) is 4.68 Å². The molecule has 1 fully saturated rings. The third-order valence-corrected chi connectivity index (χ3v) is 4.17. The molecule has 120 valence electrons. The summed E-state index contributed by atoms with van der Waals surface area (Å²) in [6.07, 6.45) is 3.98. The topological polar surface area (TPSA) is 51.5 Å². The number of aromatic nitrogens is 2. The van der Waals surface area contributed by atoms with Crippen molar-refractivity contribution in [3.63, 3.8) is 0 Å². The Hall–Kier alpha value is -1.11. The highest BCUT2D eigenvalue weighted by Gasteiger charge is 2.29. The molecule has 1 saturated heterocycles. The SMILES string of the molecule is CNC(c1c(OC)cnn1CCN(C)C)C1CCOCC1. The molecular formula is C15H28N4O2. The highest BCUT2D eigenvalue weighted by Crippen LogP contribution is 2.34. The molecule has 21 heavy (non-hydrogen) atoms. The van der Waals surface area contributed by atoms with E-state index in [0.717, 1.165) is 50.6 Å². The summed E-state index contributed by atoms with van der Waals surface area (Å²) in [7, 11) is 7.89. The van der Waals surface area contributed by atoms with Crippen LogP contribution in [0, 0.1) is 5.92 Å². The molecular weight excluding hydrogens is 268 g/mol. The Morgan fingerprint density at radius 3 is 2.76 bits per heavy atom. The van der Waals surface area contributed by atoms with Crippen LogP contribution in [0.5, 0.6) is 5.75 Å². The number of nitrogens with one attached hydrogen (secondary N) is 1. The molecule has 1 unspecified atom stereocenters. The second-order valence-electron chi connectivity index (χ2n) is 5.84. The lowest BCUT2D eigenvalue weighted by Crippen LogP contribution is -2.32. The second kappa shape index (κ2) is 7.77. The van der Waals surface area contributed by atoms with Crippen LogP contribution in [0.3, 0.4) is 0 Å². The Balaban J connectivity index is 2.22. The van der Waals surface area contributed by atoms with Gasteiger partial charge in [-0.25, -0.2) is 0 Å². The van der Waals surface area contributed by atoms with E-state index in [1.807, 2.05) is 13.2 Å². The molecule has 1 aliphatic heterocycles. The van der Waals surface area contributed by atoms with Crippen molar-refractivity contribution in [2.75, 3.05) is 48.0 Å². The second-order valence-corrected chi connectivity index (χ2v) is 5.84. The number of nitrogens with zero attached hydrogens (tertiary/aromatic N) is 3. The number of ether oxygens (including phenoxy) is 2. The van der Waals surface area contributed by atoms with E-state index in [0.29, 0.717) is 5.92 Å². The van der Waals surface area contributed by atoms with Gasteiger partial charge in [0.1, 0.15) is 0 Å². The maximum absolute atomic E-state index is 5.54. The average molecular weight is 296 g/mol. The van der Waals surface area contributed by atoms with Gasteiger partial charge >= 0.3 is 0 Å². The highest BCUT2D eigenvalue weighted by molar-refractivity contribution is 5.29. The van der Waals surface area contributed by atoms with Gasteiger partial charge in [-0.2, -0.15) is 5.10 Å². The summed E-state index contributed by atoms with van der Waals surface area (Å²) in [6, 6.07) is 0.258. The minimum atomic E-state index is 0.258. The third-order valence-electron chi connectivity index (χ3n) is 4.17. The van der Waals surface area contributed by atoms with Crippen LogP contribution in [-0.2, 0) is 11.3 Å². The van der Waals surface area contributed by atoms with E-state index in [9.17, 15) is 0 Å². The van der Waals surface area contributed by atoms with Crippen molar-refractivity contribution in [2.45, 2.75) is 25.4 Å². The van der Waals surface area contributed by atoms with Gasteiger partial charge in [0, 0.05) is 19.8 Å². The number of likely N-dealkylation sites (N-methyl/N-ethyl adjacent to an activating group) is 1. The van der Waals surface area contributed by atoms with Gasteiger partial charge in [0.2, 0.25) is 0 Å². The van der Waals surface area contributed by atoms with Crippen LogP contribution < -0.4 is 10.1 Å². The fourth-order valence-corrected chi connectivity index (χ4v) is 2.97. The van der Waals surface area contributed by atoms with Crippen LogP contribution in [0.1, 0.15) is 24.6 Å². The summed E-state index contributed by atoms with van der Waals surface area (Å²) in [5.41, 5.74) is 1.16. The Bertz CT molecular complexity index is 427. The minimum absolute atomic E-state index is 0.258. The van der Waals surface area contributed by atoms with Crippen molar-refractivity contribution in [3.05, 3.63) is 11.9 Å². The van der Waals surface area contributed by atoms with E-state index in [1.165, 1.54) is 0 Å². The number of hydrogen-bond donors (Lipinski definition) is 1. The summed E-state index contributed by atoms with van der Waals surface area (Å²) in [6.45, 7) is 3.52. The quantitative estimate of drug-likeness (QED) is 0.818. The Labute approximate surface area is 127 Å². The van der Waals surface area contributed by atoms with Gasteiger partial charge in [-0.1, -0.05) is 0 Å². The first-order valence-electron chi connectivity index (χ1n) is 7.66. The van der Waals surface area contributed by atoms with Crippen molar-refractivity contribution < 1.29 is 9.47 Å². The first-order chi connectivity index (χ1) is 10.2. The van der Waals surface area contributed by atoms with Gasteiger partial charge in [-0.05, 0) is 39.9 Å². The zero-order chi connectivity index (χ0) is 15.2. The molecule has 1 aliphatic rings. The van der Waals surface area contributed by atoms with Gasteiger partial charge in [0.15, 0.2) is 5.75 Å². The number of methoxy groups -OCH3 is 1. The van der Waals surface area contributed by atoms with Gasteiger partial charge < -0.3 is 19.7 Å². The summed E-state index contributed by atoms with van der Waals surface area (Å²) in [4.78, 5) is 2.17. The monoisotopic (exact) mass is 296 g/mol. The van der Waals surface area contributed by atoms with Gasteiger partial charge in [0.25, 0.3) is 0 Å². The number of rotatable bonds is 7. The Morgan fingerprint density at radius 1 is 1.48 bits per heavy atom. The summed E-state index contributed by atoms with van der Waals surface area (Å²) >= 11 is 0. The van der Waals surface area contributed by atoms with E-state index in [2.05, 4.69) is 34.1 Å². The molecule has 0 radical (unpaired) electrons. The molecule has 2 heterocycles. The van der Waals surface area contributed by atoms with E-state index >= 15 is 0 Å². The van der Waals surface area contributed by atoms with E-state index in [-0.39, 0.29) is 6.04 Å². The smallest absolute Gasteiger partial charge is 0.161 e. The fraction of sp³-hybridized carbons (Fsp3) is 0.800. The standard InChI is InChI=1S/C15H28N4O2/c1-16-14(12-5-9-21-10-6-12)15-13(20-4)11-17-19(15)8-7-18(2)3/h11-12,14,16H,5-10H2,1-4H3.